The summed E-state index contributed by atoms with van der Waals surface area (Å²) in [5.74, 6) is -0.872. The Bertz CT molecular complexity index is 1270. The van der Waals surface area contributed by atoms with Crippen molar-refractivity contribution in [3.8, 4) is 17.6 Å². The Morgan fingerprint density at radius 3 is 2.69 bits per heavy atom. The summed E-state index contributed by atoms with van der Waals surface area (Å²) >= 11 is 6.21. The second-order valence-corrected chi connectivity index (χ2v) is 6.54. The number of carbonyl (C=O) groups excluding carboxylic acids is 1. The number of rotatable bonds is 4. The lowest BCUT2D eigenvalue weighted by atomic mass is 10.0. The molecule has 4 aromatic rings. The molecule has 0 spiro atoms. The zero-order valence-corrected chi connectivity index (χ0v) is 15.5. The fourth-order valence-electron chi connectivity index (χ4n) is 2.97. The first-order chi connectivity index (χ1) is 14.0. The van der Waals surface area contributed by atoms with Gasteiger partial charge in [0.25, 0.3) is 0 Å². The normalized spacial score (nSPS) is 10.7. The molecule has 142 valence electrons. The summed E-state index contributed by atoms with van der Waals surface area (Å²) in [6.45, 7) is 0. The van der Waals surface area contributed by atoms with Gasteiger partial charge in [0.05, 0.1) is 32.8 Å². The molecule has 2 aromatic carbocycles. The fourth-order valence-corrected chi connectivity index (χ4v) is 3.26. The quantitative estimate of drug-likeness (QED) is 0.472. The number of para-hydroxylation sites is 1. The topological polar surface area (TPSA) is 105 Å². The minimum atomic E-state index is -0.842. The maximum atomic E-state index is 14.8. The number of benzene rings is 2. The number of fused-ring (bicyclic) bond motifs is 1. The van der Waals surface area contributed by atoms with Gasteiger partial charge in [-0.1, -0.05) is 29.8 Å². The summed E-state index contributed by atoms with van der Waals surface area (Å²) in [6.07, 6.45) is 2.66. The fraction of sp³-hybridized carbons (Fsp3) is 0. The molecule has 0 aliphatic heterocycles. The summed E-state index contributed by atoms with van der Waals surface area (Å²) < 4.78 is 20.4. The smallest absolute Gasteiger partial charge is 0.199 e. The number of aromatic amines is 1. The maximum absolute atomic E-state index is 14.8. The van der Waals surface area contributed by atoms with Crippen molar-refractivity contribution in [3.05, 3.63) is 82.4 Å². The van der Waals surface area contributed by atoms with Crippen LogP contribution < -0.4 is 10.5 Å². The number of ketones is 1. The molecule has 0 atom stereocenters. The largest absolute Gasteiger partial charge is 0.457 e. The Kier molecular flexibility index (Phi) is 4.63. The third-order valence-corrected chi connectivity index (χ3v) is 4.63. The van der Waals surface area contributed by atoms with E-state index in [4.69, 9.17) is 27.3 Å². The predicted molar refractivity (Wildman–Crippen MR) is 107 cm³/mol. The third-order valence-electron chi connectivity index (χ3n) is 4.33. The lowest BCUT2D eigenvalue weighted by Gasteiger charge is -2.10. The third kappa shape index (κ3) is 3.26. The van der Waals surface area contributed by atoms with Crippen LogP contribution in [0.3, 0.4) is 0 Å². The number of pyridine rings is 1. The van der Waals surface area contributed by atoms with E-state index < -0.39 is 11.6 Å². The van der Waals surface area contributed by atoms with Crippen molar-refractivity contribution in [3.63, 3.8) is 0 Å². The first kappa shape index (κ1) is 18.5. The molecule has 2 aromatic heterocycles. The molecule has 0 saturated heterocycles. The van der Waals surface area contributed by atoms with Crippen molar-refractivity contribution in [1.29, 1.82) is 5.26 Å². The molecule has 0 aliphatic carbocycles. The molecule has 0 saturated carbocycles. The monoisotopic (exact) mass is 406 g/mol. The van der Waals surface area contributed by atoms with E-state index in [9.17, 15) is 9.18 Å². The number of hydrogen-bond acceptors (Lipinski definition) is 5. The first-order valence-corrected chi connectivity index (χ1v) is 8.79. The second-order valence-electron chi connectivity index (χ2n) is 6.13. The molecule has 8 heteroatoms. The van der Waals surface area contributed by atoms with Crippen LogP contribution in [0, 0.1) is 17.1 Å². The summed E-state index contributed by atoms with van der Waals surface area (Å²) in [5.41, 5.74) is 6.25. The average molecular weight is 407 g/mol. The molecule has 3 N–H and O–H groups in total. The van der Waals surface area contributed by atoms with Crippen LogP contribution in [0.1, 0.15) is 21.5 Å². The number of nitrogens with zero attached hydrogens (tertiary/aromatic N) is 2. The van der Waals surface area contributed by atoms with Crippen LogP contribution in [0.5, 0.6) is 11.5 Å². The van der Waals surface area contributed by atoms with Crippen molar-refractivity contribution < 1.29 is 13.9 Å². The molecule has 0 aliphatic rings. The Morgan fingerprint density at radius 1 is 1.24 bits per heavy atom. The molecule has 6 nitrogen and oxygen atoms in total. The molecule has 2 heterocycles. The molecule has 0 fully saturated rings. The van der Waals surface area contributed by atoms with Gasteiger partial charge in [-0.2, -0.15) is 5.26 Å². The molecule has 0 unspecified atom stereocenters. The van der Waals surface area contributed by atoms with Crippen molar-refractivity contribution >= 4 is 34.1 Å². The Hall–Kier alpha value is -3.89. The number of nitrogens with two attached hydrogens (primary N) is 1. The number of ether oxygens (including phenoxy) is 1. The van der Waals surface area contributed by atoms with Crippen LogP contribution in [0.15, 0.2) is 54.9 Å². The van der Waals surface area contributed by atoms with Crippen molar-refractivity contribution in [2.75, 3.05) is 5.73 Å². The van der Waals surface area contributed by atoms with E-state index in [0.29, 0.717) is 11.4 Å². The van der Waals surface area contributed by atoms with Gasteiger partial charge in [0.1, 0.15) is 29.0 Å². The number of hydrogen-bond donors (Lipinski definition) is 2. The van der Waals surface area contributed by atoms with Gasteiger partial charge in [-0.05, 0) is 12.1 Å². The van der Waals surface area contributed by atoms with E-state index in [1.807, 2.05) is 12.1 Å². The number of anilines is 1. The van der Waals surface area contributed by atoms with E-state index in [0.717, 1.165) is 6.07 Å². The van der Waals surface area contributed by atoms with E-state index in [2.05, 4.69) is 9.97 Å². The van der Waals surface area contributed by atoms with E-state index >= 15 is 0 Å². The summed E-state index contributed by atoms with van der Waals surface area (Å²) in [7, 11) is 0. The molecule has 4 rings (SSSR count). The number of aromatic nitrogens is 2. The maximum Gasteiger partial charge on any atom is 0.199 e. The van der Waals surface area contributed by atoms with Crippen molar-refractivity contribution in [2.45, 2.75) is 0 Å². The minimum absolute atomic E-state index is 0.0691. The molecule has 0 radical (unpaired) electrons. The zero-order valence-electron chi connectivity index (χ0n) is 14.7. The van der Waals surface area contributed by atoms with Crippen molar-refractivity contribution in [1.82, 2.24) is 9.97 Å². The number of halogens is 2. The van der Waals surface area contributed by atoms with Gasteiger partial charge >= 0.3 is 0 Å². The Balaban J connectivity index is 1.77. The zero-order chi connectivity index (χ0) is 20.5. The van der Waals surface area contributed by atoms with Gasteiger partial charge in [-0.25, -0.2) is 9.37 Å². The van der Waals surface area contributed by atoms with Gasteiger partial charge in [0, 0.05) is 24.5 Å². The van der Waals surface area contributed by atoms with Crippen LogP contribution in [0.25, 0.3) is 11.0 Å². The van der Waals surface area contributed by atoms with E-state index in [-0.39, 0.29) is 38.5 Å². The van der Waals surface area contributed by atoms with Crippen LogP contribution in [0.4, 0.5) is 10.1 Å². The van der Waals surface area contributed by atoms with Crippen LogP contribution in [0.2, 0.25) is 5.02 Å². The average Bonchev–Trinajstić information content (AvgIpc) is 3.13. The highest BCUT2D eigenvalue weighted by Crippen LogP contribution is 2.33. The number of nitrogen functional groups attached to an aromatic ring is 1. The molecule has 0 amide bonds. The van der Waals surface area contributed by atoms with Gasteiger partial charge < -0.3 is 15.5 Å². The van der Waals surface area contributed by atoms with Gasteiger partial charge in [0.2, 0.25) is 0 Å². The number of nitrogens with one attached hydrogen (secondary N) is 1. The standard InChI is InChI=1S/C21H12ClFN4O2/c22-15-6-13(29-12-4-2-1-3-5-12)7-16(23)18(15)20(28)14-10-27-21-17(14)19(25)11(8-24)9-26-21/h1-7,9-10H,(H3,25,26,27). The van der Waals surface area contributed by atoms with Gasteiger partial charge in [-0.3, -0.25) is 4.79 Å². The highest BCUT2D eigenvalue weighted by molar-refractivity contribution is 6.36. The highest BCUT2D eigenvalue weighted by atomic mass is 35.5. The molecular formula is C21H12ClFN4O2. The van der Waals surface area contributed by atoms with Gasteiger partial charge in [0.15, 0.2) is 5.78 Å². The van der Waals surface area contributed by atoms with E-state index in [1.165, 1.54) is 18.5 Å². The van der Waals surface area contributed by atoms with Crippen LogP contribution in [-0.2, 0) is 0 Å². The number of nitriles is 1. The second kappa shape index (κ2) is 7.26. The summed E-state index contributed by atoms with van der Waals surface area (Å²) in [4.78, 5) is 19.9. The van der Waals surface area contributed by atoms with E-state index in [1.54, 1.807) is 24.3 Å². The van der Waals surface area contributed by atoms with Crippen molar-refractivity contribution in [2.24, 2.45) is 0 Å². The number of H-pyrrole nitrogens is 1. The number of carbonyl (C=O) groups is 1. The minimum Gasteiger partial charge on any atom is -0.457 e. The molecular weight excluding hydrogens is 395 g/mol. The van der Waals surface area contributed by atoms with Crippen LogP contribution in [-0.4, -0.2) is 15.8 Å². The summed E-state index contributed by atoms with van der Waals surface area (Å²) in [5, 5.41) is 9.27. The molecule has 0 bridgehead atoms. The highest BCUT2D eigenvalue weighted by Gasteiger charge is 2.24. The lowest BCUT2D eigenvalue weighted by molar-refractivity contribution is 0.103. The first-order valence-electron chi connectivity index (χ1n) is 8.42. The van der Waals surface area contributed by atoms with Crippen LogP contribution >= 0.6 is 11.6 Å². The predicted octanol–water partition coefficient (Wildman–Crippen LogP) is 4.83. The molecule has 29 heavy (non-hydrogen) atoms. The summed E-state index contributed by atoms with van der Waals surface area (Å²) in [6, 6.07) is 13.1. The SMILES string of the molecule is N#Cc1cnc2[nH]cc(C(=O)c3c(F)cc(Oc4ccccc4)cc3Cl)c2c1N. The van der Waals surface area contributed by atoms with Gasteiger partial charge in [-0.15, -0.1) is 0 Å². The Morgan fingerprint density at radius 2 is 2.00 bits per heavy atom. The Labute approximate surface area is 169 Å². The lowest BCUT2D eigenvalue weighted by Crippen LogP contribution is -2.06.